The SMILES string of the molecule is CCOC(=O)c1c(C)[nH]c(C(=O)[C@@H](C)NCc2ccc3c(c2)OCO3)c1C. The number of aromatic nitrogens is 1. The van der Waals surface area contributed by atoms with E-state index in [0.717, 1.165) is 11.3 Å². The minimum atomic E-state index is -0.429. The largest absolute Gasteiger partial charge is 0.462 e. The van der Waals surface area contributed by atoms with E-state index >= 15 is 0 Å². The number of aromatic amines is 1. The van der Waals surface area contributed by atoms with Gasteiger partial charge in [-0.15, -0.1) is 0 Å². The second kappa shape index (κ2) is 7.84. The number of fused-ring (bicyclic) bond motifs is 1. The molecule has 2 heterocycles. The smallest absolute Gasteiger partial charge is 0.340 e. The molecule has 3 rings (SSSR count). The molecule has 144 valence electrons. The van der Waals surface area contributed by atoms with Crippen molar-refractivity contribution in [2.45, 2.75) is 40.3 Å². The zero-order chi connectivity index (χ0) is 19.6. The monoisotopic (exact) mass is 372 g/mol. The highest BCUT2D eigenvalue weighted by Crippen LogP contribution is 2.32. The lowest BCUT2D eigenvalue weighted by molar-refractivity contribution is 0.0525. The summed E-state index contributed by atoms with van der Waals surface area (Å²) < 4.78 is 15.7. The summed E-state index contributed by atoms with van der Waals surface area (Å²) >= 11 is 0. The molecule has 2 N–H and O–H groups in total. The molecule has 7 nitrogen and oxygen atoms in total. The Hall–Kier alpha value is -2.80. The molecule has 0 aliphatic carbocycles. The molecule has 1 atom stereocenters. The first kappa shape index (κ1) is 19.0. The lowest BCUT2D eigenvalue weighted by Gasteiger charge is -2.13. The molecule has 0 fully saturated rings. The van der Waals surface area contributed by atoms with Gasteiger partial charge in [0.2, 0.25) is 6.79 Å². The van der Waals surface area contributed by atoms with Crippen LogP contribution in [0.2, 0.25) is 0 Å². The summed E-state index contributed by atoms with van der Waals surface area (Å²) in [4.78, 5) is 28.0. The fourth-order valence-electron chi connectivity index (χ4n) is 3.14. The third-order valence-electron chi connectivity index (χ3n) is 4.61. The van der Waals surface area contributed by atoms with Crippen LogP contribution < -0.4 is 14.8 Å². The van der Waals surface area contributed by atoms with E-state index in [1.165, 1.54) is 0 Å². The average Bonchev–Trinajstić information content (AvgIpc) is 3.22. The van der Waals surface area contributed by atoms with Gasteiger partial charge in [0.05, 0.1) is 23.9 Å². The fourth-order valence-corrected chi connectivity index (χ4v) is 3.14. The number of H-pyrrole nitrogens is 1. The van der Waals surface area contributed by atoms with Crippen molar-refractivity contribution in [3.05, 3.63) is 46.3 Å². The minimum Gasteiger partial charge on any atom is -0.462 e. The van der Waals surface area contributed by atoms with Crippen molar-refractivity contribution in [2.75, 3.05) is 13.4 Å². The van der Waals surface area contributed by atoms with Crippen molar-refractivity contribution in [2.24, 2.45) is 0 Å². The number of ether oxygens (including phenoxy) is 3. The third-order valence-corrected chi connectivity index (χ3v) is 4.61. The lowest BCUT2D eigenvalue weighted by atomic mass is 10.0. The predicted molar refractivity (Wildman–Crippen MR) is 99.4 cm³/mol. The second-order valence-electron chi connectivity index (χ2n) is 6.50. The summed E-state index contributed by atoms with van der Waals surface area (Å²) in [5.41, 5.74) is 3.11. The molecule has 7 heteroatoms. The van der Waals surface area contributed by atoms with E-state index in [-0.39, 0.29) is 12.6 Å². The van der Waals surface area contributed by atoms with E-state index < -0.39 is 12.0 Å². The van der Waals surface area contributed by atoms with Gasteiger partial charge in [0.15, 0.2) is 17.3 Å². The van der Waals surface area contributed by atoms with Crippen LogP contribution in [-0.4, -0.2) is 36.2 Å². The van der Waals surface area contributed by atoms with Crippen molar-refractivity contribution in [1.29, 1.82) is 0 Å². The Labute approximate surface area is 158 Å². The summed E-state index contributed by atoms with van der Waals surface area (Å²) in [5.74, 6) is 0.922. The Morgan fingerprint density at radius 1 is 1.26 bits per heavy atom. The van der Waals surface area contributed by atoms with E-state index in [0.29, 0.717) is 41.4 Å². The maximum Gasteiger partial charge on any atom is 0.340 e. The Morgan fingerprint density at radius 3 is 2.74 bits per heavy atom. The highest BCUT2D eigenvalue weighted by Gasteiger charge is 2.25. The van der Waals surface area contributed by atoms with Crippen LogP contribution in [0, 0.1) is 13.8 Å². The molecular weight excluding hydrogens is 348 g/mol. The molecule has 0 bridgehead atoms. The first-order valence-electron chi connectivity index (χ1n) is 8.94. The van der Waals surface area contributed by atoms with E-state index in [9.17, 15) is 9.59 Å². The maximum absolute atomic E-state index is 12.8. The fraction of sp³-hybridized carbons (Fsp3) is 0.400. The molecule has 27 heavy (non-hydrogen) atoms. The van der Waals surface area contributed by atoms with Gasteiger partial charge in [0.25, 0.3) is 0 Å². The number of nitrogens with one attached hydrogen (secondary N) is 2. The van der Waals surface area contributed by atoms with Gasteiger partial charge in [-0.25, -0.2) is 4.79 Å². The van der Waals surface area contributed by atoms with E-state index in [1.54, 1.807) is 27.7 Å². The first-order chi connectivity index (χ1) is 12.9. The number of carbonyl (C=O) groups excluding carboxylic acids is 2. The molecule has 0 unspecified atom stereocenters. The van der Waals surface area contributed by atoms with Gasteiger partial charge in [-0.3, -0.25) is 4.79 Å². The summed E-state index contributed by atoms with van der Waals surface area (Å²) in [6, 6.07) is 5.26. The normalized spacial score (nSPS) is 13.5. The topological polar surface area (TPSA) is 89.7 Å². The van der Waals surface area contributed by atoms with Gasteiger partial charge in [0, 0.05) is 12.2 Å². The number of hydrogen-bond donors (Lipinski definition) is 2. The summed E-state index contributed by atoms with van der Waals surface area (Å²) in [5, 5.41) is 3.22. The van der Waals surface area contributed by atoms with Crippen molar-refractivity contribution in [3.63, 3.8) is 0 Å². The van der Waals surface area contributed by atoms with Crippen LogP contribution in [0.15, 0.2) is 18.2 Å². The standard InChI is InChI=1S/C20H24N2O5/c1-5-25-20(24)17-11(2)18(22-12(17)3)19(23)13(4)21-9-14-6-7-15-16(8-14)27-10-26-15/h6-8,13,21-22H,5,9-10H2,1-4H3/t13-/m1/s1. The molecule has 0 saturated carbocycles. The van der Waals surface area contributed by atoms with E-state index in [4.69, 9.17) is 14.2 Å². The van der Waals surface area contributed by atoms with E-state index in [2.05, 4.69) is 10.3 Å². The Balaban J connectivity index is 1.68. The van der Waals surface area contributed by atoms with Crippen LogP contribution in [0.25, 0.3) is 0 Å². The number of benzene rings is 1. The quantitative estimate of drug-likeness (QED) is 0.574. The molecule has 1 aromatic heterocycles. The van der Waals surface area contributed by atoms with Gasteiger partial charge in [-0.05, 0) is 51.0 Å². The van der Waals surface area contributed by atoms with Crippen LogP contribution in [0.5, 0.6) is 11.5 Å². The number of carbonyl (C=O) groups is 2. The predicted octanol–water partition coefficient (Wildman–Crippen LogP) is 2.90. The van der Waals surface area contributed by atoms with E-state index in [1.807, 2.05) is 18.2 Å². The molecule has 0 amide bonds. The van der Waals surface area contributed by atoms with Gasteiger partial charge >= 0.3 is 5.97 Å². The number of aryl methyl sites for hydroxylation is 1. The van der Waals surface area contributed by atoms with Gasteiger partial charge in [0.1, 0.15) is 0 Å². The van der Waals surface area contributed by atoms with Crippen molar-refractivity contribution >= 4 is 11.8 Å². The number of esters is 1. The maximum atomic E-state index is 12.8. The van der Waals surface area contributed by atoms with Gasteiger partial charge in [-0.1, -0.05) is 6.07 Å². The molecule has 1 aromatic carbocycles. The van der Waals surface area contributed by atoms with Gasteiger partial charge < -0.3 is 24.5 Å². The number of hydrogen-bond acceptors (Lipinski definition) is 6. The average molecular weight is 372 g/mol. The Morgan fingerprint density at radius 2 is 2.00 bits per heavy atom. The molecule has 0 radical (unpaired) electrons. The zero-order valence-corrected chi connectivity index (χ0v) is 16.0. The molecule has 0 spiro atoms. The molecule has 1 aliphatic heterocycles. The summed E-state index contributed by atoms with van der Waals surface area (Å²) in [7, 11) is 0. The Kier molecular flexibility index (Phi) is 5.51. The lowest BCUT2D eigenvalue weighted by Crippen LogP contribution is -2.34. The highest BCUT2D eigenvalue weighted by atomic mass is 16.7. The minimum absolute atomic E-state index is 0.105. The molecule has 0 saturated heterocycles. The molecular formula is C20H24N2O5. The number of rotatable bonds is 7. The van der Waals surface area contributed by atoms with Crippen LogP contribution >= 0.6 is 0 Å². The van der Waals surface area contributed by atoms with Crippen LogP contribution in [0.3, 0.4) is 0 Å². The Bertz CT molecular complexity index is 871. The molecule has 1 aliphatic rings. The summed E-state index contributed by atoms with van der Waals surface area (Å²) in [6.45, 7) is 8.11. The van der Waals surface area contributed by atoms with Crippen LogP contribution in [0.1, 0.15) is 51.5 Å². The van der Waals surface area contributed by atoms with Crippen molar-refractivity contribution < 1.29 is 23.8 Å². The second-order valence-corrected chi connectivity index (χ2v) is 6.50. The first-order valence-corrected chi connectivity index (χ1v) is 8.94. The van der Waals surface area contributed by atoms with Crippen molar-refractivity contribution in [3.8, 4) is 11.5 Å². The third kappa shape index (κ3) is 3.83. The summed E-state index contributed by atoms with van der Waals surface area (Å²) in [6.07, 6.45) is 0. The molecule has 2 aromatic rings. The van der Waals surface area contributed by atoms with Gasteiger partial charge in [-0.2, -0.15) is 0 Å². The van der Waals surface area contributed by atoms with Crippen LogP contribution in [-0.2, 0) is 11.3 Å². The number of ketones is 1. The van der Waals surface area contributed by atoms with Crippen LogP contribution in [0.4, 0.5) is 0 Å². The van der Waals surface area contributed by atoms with Crippen molar-refractivity contribution in [1.82, 2.24) is 10.3 Å². The highest BCUT2D eigenvalue weighted by molar-refractivity contribution is 6.03. The number of Topliss-reactive ketones (excluding diaryl/α,β-unsaturated/α-hetero) is 1. The zero-order valence-electron chi connectivity index (χ0n) is 16.0.